The van der Waals surface area contributed by atoms with Crippen LogP contribution in [0.4, 0.5) is 0 Å². The number of fused-ring (bicyclic) bond motifs is 5. The summed E-state index contributed by atoms with van der Waals surface area (Å²) in [7, 11) is 0. The van der Waals surface area contributed by atoms with Crippen molar-refractivity contribution < 1.29 is 4.42 Å². The van der Waals surface area contributed by atoms with E-state index in [-0.39, 0.29) is 23.4 Å². The Morgan fingerprint density at radius 1 is 0.559 bits per heavy atom. The molecule has 0 bridgehead atoms. The molecule has 2 aliphatic rings. The molecule has 1 aliphatic heterocycles. The summed E-state index contributed by atoms with van der Waals surface area (Å²) in [4.78, 5) is 0. The maximum Gasteiger partial charge on any atom is 0.110 e. The van der Waals surface area contributed by atoms with Crippen molar-refractivity contribution in [3.63, 3.8) is 0 Å². The van der Waals surface area contributed by atoms with Crippen molar-refractivity contribution in [1.82, 2.24) is 5.32 Å². The van der Waals surface area contributed by atoms with Crippen LogP contribution in [0, 0.1) is 0 Å². The summed E-state index contributed by atoms with van der Waals surface area (Å²) in [5.74, 6) is 1.10. The quantitative estimate of drug-likeness (QED) is 0.316. The zero-order chi connectivity index (χ0) is 22.5. The highest BCUT2D eigenvalue weighted by atomic mass is 16.3. The van der Waals surface area contributed by atoms with Gasteiger partial charge in [-0.2, -0.15) is 0 Å². The molecular formula is C32H25NO. The smallest absolute Gasteiger partial charge is 0.110 e. The minimum absolute atomic E-state index is 0.0822. The van der Waals surface area contributed by atoms with Gasteiger partial charge < -0.3 is 9.73 Å². The Bertz CT molecular complexity index is 1390. The van der Waals surface area contributed by atoms with Crippen molar-refractivity contribution in [3.8, 4) is 11.1 Å². The summed E-state index contributed by atoms with van der Waals surface area (Å²) in [5.41, 5.74) is 7.66. The van der Waals surface area contributed by atoms with Crippen molar-refractivity contribution in [3.05, 3.63) is 156 Å². The summed E-state index contributed by atoms with van der Waals surface area (Å²) < 4.78 is 6.23. The molecule has 1 spiro atoms. The van der Waals surface area contributed by atoms with E-state index in [0.717, 1.165) is 5.76 Å². The lowest BCUT2D eigenvalue weighted by molar-refractivity contribution is 0.359. The highest BCUT2D eigenvalue weighted by molar-refractivity contribution is 5.83. The third kappa shape index (κ3) is 2.60. The maximum atomic E-state index is 6.23. The molecule has 0 unspecified atom stereocenters. The van der Waals surface area contributed by atoms with Crippen LogP contribution < -0.4 is 5.32 Å². The second-order valence-electron chi connectivity index (χ2n) is 9.35. The van der Waals surface area contributed by atoms with Crippen LogP contribution in [0.2, 0.25) is 0 Å². The van der Waals surface area contributed by atoms with Gasteiger partial charge >= 0.3 is 0 Å². The minimum atomic E-state index is -0.313. The Morgan fingerprint density at radius 3 is 1.71 bits per heavy atom. The van der Waals surface area contributed by atoms with Gasteiger partial charge in [-0.1, -0.05) is 109 Å². The van der Waals surface area contributed by atoms with Gasteiger partial charge in [-0.25, -0.2) is 0 Å². The first kappa shape index (κ1) is 19.6. The molecule has 1 saturated heterocycles. The average Bonchev–Trinajstić information content (AvgIpc) is 3.62. The third-order valence-corrected chi connectivity index (χ3v) is 7.80. The van der Waals surface area contributed by atoms with E-state index in [4.69, 9.17) is 4.42 Å². The Labute approximate surface area is 199 Å². The molecule has 7 rings (SSSR count). The Hall–Kier alpha value is -3.88. The number of furan rings is 1. The Kier molecular flexibility index (Phi) is 4.36. The van der Waals surface area contributed by atoms with Crippen LogP contribution in [0.15, 0.2) is 132 Å². The predicted molar refractivity (Wildman–Crippen MR) is 136 cm³/mol. The summed E-state index contributed by atoms with van der Waals surface area (Å²) in [6, 6.07) is 44.0. The lowest BCUT2D eigenvalue weighted by Crippen LogP contribution is -2.36. The van der Waals surface area contributed by atoms with Crippen LogP contribution in [-0.4, -0.2) is 0 Å². The molecule has 1 fully saturated rings. The summed E-state index contributed by atoms with van der Waals surface area (Å²) in [5, 5.41) is 4.12. The summed E-state index contributed by atoms with van der Waals surface area (Å²) in [6.45, 7) is 0. The third-order valence-electron chi connectivity index (χ3n) is 7.80. The number of benzene rings is 4. The van der Waals surface area contributed by atoms with E-state index in [9.17, 15) is 0 Å². The van der Waals surface area contributed by atoms with E-state index in [1.165, 1.54) is 33.4 Å². The molecule has 2 heteroatoms. The van der Waals surface area contributed by atoms with Crippen molar-refractivity contribution >= 4 is 0 Å². The minimum Gasteiger partial charge on any atom is -0.469 e. The van der Waals surface area contributed by atoms with Gasteiger partial charge in [0, 0.05) is 12.1 Å². The fourth-order valence-electron chi connectivity index (χ4n) is 6.61. The van der Waals surface area contributed by atoms with Crippen LogP contribution in [-0.2, 0) is 5.41 Å². The molecule has 0 amide bonds. The van der Waals surface area contributed by atoms with Gasteiger partial charge in [0.2, 0.25) is 0 Å². The molecular weight excluding hydrogens is 414 g/mol. The zero-order valence-corrected chi connectivity index (χ0v) is 18.8. The number of nitrogens with one attached hydrogen (secondary N) is 1. The highest BCUT2D eigenvalue weighted by Gasteiger charge is 2.62. The van der Waals surface area contributed by atoms with Gasteiger partial charge in [0.1, 0.15) is 5.76 Å². The van der Waals surface area contributed by atoms with Gasteiger partial charge in [0.25, 0.3) is 0 Å². The van der Waals surface area contributed by atoms with Crippen LogP contribution in [0.5, 0.6) is 0 Å². The van der Waals surface area contributed by atoms with Crippen molar-refractivity contribution in [2.45, 2.75) is 23.4 Å². The normalized spacial score (nSPS) is 21.9. The van der Waals surface area contributed by atoms with Crippen LogP contribution in [0.25, 0.3) is 11.1 Å². The van der Waals surface area contributed by atoms with Gasteiger partial charge in [0.05, 0.1) is 17.6 Å². The molecule has 5 aromatic rings. The number of rotatable bonds is 3. The molecule has 2 heterocycles. The van der Waals surface area contributed by atoms with Gasteiger partial charge in [-0.3, -0.25) is 0 Å². The molecule has 3 atom stereocenters. The first-order chi connectivity index (χ1) is 16.9. The van der Waals surface area contributed by atoms with E-state index in [0.29, 0.717) is 0 Å². The molecule has 1 aliphatic carbocycles. The molecule has 1 N–H and O–H groups in total. The van der Waals surface area contributed by atoms with E-state index >= 15 is 0 Å². The standard InChI is InChI=1S/C32H25NO/c1-3-12-22(13-4-1)30-29(28-20-11-21-34-28)32(31(33-30)23-14-5-2-6-15-23)26-18-9-7-16-24(26)25-17-8-10-19-27(25)32/h1-21,29-31,33H/t29-,30+,31+/m1/s1. The monoisotopic (exact) mass is 439 g/mol. The highest BCUT2D eigenvalue weighted by Crippen LogP contribution is 2.67. The Balaban J connectivity index is 1.60. The van der Waals surface area contributed by atoms with E-state index in [2.05, 4.69) is 121 Å². The predicted octanol–water partition coefficient (Wildman–Crippen LogP) is 7.42. The van der Waals surface area contributed by atoms with E-state index < -0.39 is 0 Å². The molecule has 1 aromatic heterocycles. The van der Waals surface area contributed by atoms with Crippen molar-refractivity contribution in [2.24, 2.45) is 0 Å². The largest absolute Gasteiger partial charge is 0.469 e. The maximum absolute atomic E-state index is 6.23. The first-order valence-electron chi connectivity index (χ1n) is 12.0. The fourth-order valence-corrected chi connectivity index (χ4v) is 6.61. The van der Waals surface area contributed by atoms with Crippen LogP contribution >= 0.6 is 0 Å². The summed E-state index contributed by atoms with van der Waals surface area (Å²) in [6.07, 6.45) is 1.81. The second-order valence-corrected chi connectivity index (χ2v) is 9.35. The van der Waals surface area contributed by atoms with E-state index in [1.54, 1.807) is 0 Å². The average molecular weight is 440 g/mol. The Morgan fingerprint density at radius 2 is 1.12 bits per heavy atom. The van der Waals surface area contributed by atoms with Gasteiger partial charge in [-0.05, 0) is 45.5 Å². The lowest BCUT2D eigenvalue weighted by atomic mass is 9.62. The lowest BCUT2D eigenvalue weighted by Gasteiger charge is -2.38. The topological polar surface area (TPSA) is 25.2 Å². The first-order valence-corrected chi connectivity index (χ1v) is 12.0. The summed E-state index contributed by atoms with van der Waals surface area (Å²) >= 11 is 0. The van der Waals surface area contributed by atoms with Crippen molar-refractivity contribution in [1.29, 1.82) is 0 Å². The molecule has 164 valence electrons. The fraction of sp³-hybridized carbons (Fsp3) is 0.125. The van der Waals surface area contributed by atoms with Gasteiger partial charge in [-0.15, -0.1) is 0 Å². The molecule has 34 heavy (non-hydrogen) atoms. The van der Waals surface area contributed by atoms with E-state index in [1.807, 2.05) is 12.3 Å². The molecule has 0 saturated carbocycles. The second kappa shape index (κ2) is 7.58. The number of hydrogen-bond acceptors (Lipinski definition) is 2. The number of hydrogen-bond donors (Lipinski definition) is 1. The molecule has 0 radical (unpaired) electrons. The van der Waals surface area contributed by atoms with Crippen molar-refractivity contribution in [2.75, 3.05) is 0 Å². The van der Waals surface area contributed by atoms with Crippen LogP contribution in [0.1, 0.15) is 46.0 Å². The zero-order valence-electron chi connectivity index (χ0n) is 18.8. The SMILES string of the molecule is c1ccc([C@@H]2N[C@@H](c3ccccc3)C3(c4ccccc4-c4ccccc43)[C@@H]2c2ccco2)cc1. The molecule has 4 aromatic carbocycles. The van der Waals surface area contributed by atoms with Crippen LogP contribution in [0.3, 0.4) is 0 Å². The van der Waals surface area contributed by atoms with Gasteiger partial charge in [0.15, 0.2) is 0 Å². The molecule has 2 nitrogen and oxygen atoms in total.